The van der Waals surface area contributed by atoms with Gasteiger partial charge in [0.25, 0.3) is 5.69 Å². The second-order valence-electron chi connectivity index (χ2n) is 5.41. The number of nitrogens with zero attached hydrogens (tertiary/aromatic N) is 2. The number of hydrogen-bond donors (Lipinski definition) is 0. The van der Waals surface area contributed by atoms with Crippen LogP contribution in [0.2, 0.25) is 0 Å². The van der Waals surface area contributed by atoms with E-state index in [0.717, 1.165) is 12.5 Å². The van der Waals surface area contributed by atoms with Crippen LogP contribution in [0, 0.1) is 16.0 Å². The van der Waals surface area contributed by atoms with Crippen molar-refractivity contribution in [2.45, 2.75) is 37.0 Å². The molecule has 0 spiro atoms. The molecule has 9 heteroatoms. The fourth-order valence-corrected chi connectivity index (χ4v) is 3.35. The number of hydrogen-bond acceptors (Lipinski definition) is 5. The van der Waals surface area contributed by atoms with E-state index < -0.39 is 31.1 Å². The Morgan fingerprint density at radius 3 is 2.45 bits per heavy atom. The van der Waals surface area contributed by atoms with Crippen LogP contribution in [0.5, 0.6) is 0 Å². The van der Waals surface area contributed by atoms with Gasteiger partial charge >= 0.3 is 5.76 Å². The molecular formula is C13H16F2N2O4S. The Balaban J connectivity index is 2.52. The van der Waals surface area contributed by atoms with E-state index in [-0.39, 0.29) is 11.7 Å². The second kappa shape index (κ2) is 5.79. The number of nitro groups is 1. The molecule has 1 aliphatic rings. The minimum Gasteiger partial charge on any atom is -0.363 e. The molecule has 2 unspecified atom stereocenters. The van der Waals surface area contributed by atoms with Crippen LogP contribution < -0.4 is 4.90 Å². The minimum absolute atomic E-state index is 0.0521. The Morgan fingerprint density at radius 2 is 2.00 bits per heavy atom. The summed E-state index contributed by atoms with van der Waals surface area (Å²) in [4.78, 5) is 11.5. The van der Waals surface area contributed by atoms with Crippen LogP contribution in [-0.2, 0) is 9.84 Å². The molecule has 0 amide bonds. The zero-order valence-corrected chi connectivity index (χ0v) is 12.9. The molecule has 6 nitrogen and oxygen atoms in total. The third kappa shape index (κ3) is 2.77. The fraction of sp³-hybridized carbons (Fsp3) is 0.538. The number of benzene rings is 1. The molecule has 0 bridgehead atoms. The highest BCUT2D eigenvalue weighted by Gasteiger charge is 2.34. The third-order valence-corrected chi connectivity index (χ3v) is 5.54. The van der Waals surface area contributed by atoms with Crippen molar-refractivity contribution in [1.82, 2.24) is 0 Å². The van der Waals surface area contributed by atoms with Gasteiger partial charge in [-0.2, -0.15) is 8.78 Å². The normalized spacial score (nSPS) is 22.3. The van der Waals surface area contributed by atoms with Gasteiger partial charge in [0.15, 0.2) is 0 Å². The average molecular weight is 334 g/mol. The van der Waals surface area contributed by atoms with E-state index >= 15 is 0 Å². The smallest absolute Gasteiger partial charge is 0.341 e. The van der Waals surface area contributed by atoms with Crippen LogP contribution in [0.25, 0.3) is 0 Å². The minimum atomic E-state index is -4.85. The summed E-state index contributed by atoms with van der Waals surface area (Å²) in [5, 5.41) is 11.2. The summed E-state index contributed by atoms with van der Waals surface area (Å²) in [6.07, 6.45) is 0.857. The van der Waals surface area contributed by atoms with Crippen LogP contribution in [-0.4, -0.2) is 31.7 Å². The molecule has 1 aromatic rings. The van der Waals surface area contributed by atoms with Gasteiger partial charge in [-0.15, -0.1) is 0 Å². The lowest BCUT2D eigenvalue weighted by molar-refractivity contribution is -0.384. The first-order valence-corrected chi connectivity index (χ1v) is 8.28. The van der Waals surface area contributed by atoms with E-state index in [1.807, 2.05) is 18.7 Å². The highest BCUT2D eigenvalue weighted by molar-refractivity contribution is 7.91. The SMILES string of the molecule is CC1CCN(c2ccc(S(=O)(=O)C(F)F)cc2[N+](=O)[O-])C1C. The predicted molar refractivity (Wildman–Crippen MR) is 76.9 cm³/mol. The zero-order valence-electron chi connectivity index (χ0n) is 12.1. The number of alkyl halides is 2. The van der Waals surface area contributed by atoms with E-state index in [0.29, 0.717) is 18.5 Å². The summed E-state index contributed by atoms with van der Waals surface area (Å²) < 4.78 is 48.1. The molecule has 1 aliphatic heterocycles. The van der Waals surface area contributed by atoms with E-state index in [9.17, 15) is 27.3 Å². The molecule has 0 N–H and O–H groups in total. The van der Waals surface area contributed by atoms with Crippen molar-refractivity contribution in [3.8, 4) is 0 Å². The third-order valence-electron chi connectivity index (χ3n) is 4.16. The Morgan fingerprint density at radius 1 is 1.36 bits per heavy atom. The van der Waals surface area contributed by atoms with Gasteiger partial charge in [-0.1, -0.05) is 6.92 Å². The van der Waals surface area contributed by atoms with Crippen molar-refractivity contribution in [2.75, 3.05) is 11.4 Å². The number of halogens is 2. The summed E-state index contributed by atoms with van der Waals surface area (Å²) in [6, 6.07) is 3.00. The number of nitro benzene ring substituents is 1. The van der Waals surface area contributed by atoms with Crippen LogP contribution >= 0.6 is 0 Å². The molecule has 2 rings (SSSR count). The van der Waals surface area contributed by atoms with Gasteiger partial charge in [-0.05, 0) is 31.4 Å². The largest absolute Gasteiger partial charge is 0.363 e. The molecule has 0 aromatic heterocycles. The van der Waals surface area contributed by atoms with Gasteiger partial charge in [-0.25, -0.2) is 8.42 Å². The summed E-state index contributed by atoms with van der Waals surface area (Å²) in [7, 11) is -4.85. The van der Waals surface area contributed by atoms with E-state index in [1.54, 1.807) is 0 Å². The van der Waals surface area contributed by atoms with Crippen molar-refractivity contribution < 1.29 is 22.1 Å². The first-order valence-electron chi connectivity index (χ1n) is 6.73. The van der Waals surface area contributed by atoms with Crippen molar-refractivity contribution in [1.29, 1.82) is 0 Å². The standard InChI is InChI=1S/C13H16F2N2O4S/c1-8-5-6-16(9(8)2)11-4-3-10(7-12(11)17(18)19)22(20,21)13(14)15/h3-4,7-9,13H,5-6H2,1-2H3. The highest BCUT2D eigenvalue weighted by Crippen LogP contribution is 2.37. The van der Waals surface area contributed by atoms with E-state index in [4.69, 9.17) is 0 Å². The topological polar surface area (TPSA) is 80.5 Å². The lowest BCUT2D eigenvalue weighted by Gasteiger charge is -2.25. The van der Waals surface area contributed by atoms with Gasteiger partial charge in [0.1, 0.15) is 5.69 Å². The maximum atomic E-state index is 12.6. The molecule has 0 radical (unpaired) electrons. The van der Waals surface area contributed by atoms with Crippen LogP contribution in [0.4, 0.5) is 20.2 Å². The lowest BCUT2D eigenvalue weighted by Crippen LogP contribution is -2.29. The average Bonchev–Trinajstić information content (AvgIpc) is 2.78. The van der Waals surface area contributed by atoms with Gasteiger partial charge in [0.05, 0.1) is 9.82 Å². The van der Waals surface area contributed by atoms with Gasteiger partial charge in [0.2, 0.25) is 9.84 Å². The Kier molecular flexibility index (Phi) is 4.37. The van der Waals surface area contributed by atoms with Crippen LogP contribution in [0.3, 0.4) is 0 Å². The fourth-order valence-electron chi connectivity index (χ4n) is 2.61. The monoisotopic (exact) mass is 334 g/mol. The maximum absolute atomic E-state index is 12.6. The van der Waals surface area contributed by atoms with Crippen molar-refractivity contribution in [3.63, 3.8) is 0 Å². The Bertz CT molecular complexity index is 693. The van der Waals surface area contributed by atoms with E-state index in [2.05, 4.69) is 0 Å². The summed E-state index contributed by atoms with van der Waals surface area (Å²) in [5.74, 6) is -3.27. The zero-order chi connectivity index (χ0) is 16.7. The van der Waals surface area contributed by atoms with E-state index in [1.165, 1.54) is 6.07 Å². The molecule has 0 aliphatic carbocycles. The quantitative estimate of drug-likeness (QED) is 0.625. The van der Waals surface area contributed by atoms with Gasteiger partial charge in [-0.3, -0.25) is 10.1 Å². The Hall–Kier alpha value is -1.77. The molecule has 122 valence electrons. The van der Waals surface area contributed by atoms with Crippen LogP contribution in [0.15, 0.2) is 23.1 Å². The molecule has 1 aromatic carbocycles. The van der Waals surface area contributed by atoms with Crippen molar-refractivity contribution in [3.05, 3.63) is 28.3 Å². The van der Waals surface area contributed by atoms with Gasteiger partial charge in [0, 0.05) is 18.7 Å². The summed E-state index contributed by atoms with van der Waals surface area (Å²) in [5.41, 5.74) is -0.210. The molecule has 0 saturated carbocycles. The summed E-state index contributed by atoms with van der Waals surface area (Å²) in [6.45, 7) is 4.54. The molecule has 2 atom stereocenters. The lowest BCUT2D eigenvalue weighted by atomic mass is 10.0. The number of rotatable bonds is 4. The molecule has 1 heterocycles. The summed E-state index contributed by atoms with van der Waals surface area (Å²) >= 11 is 0. The van der Waals surface area contributed by atoms with Crippen molar-refractivity contribution in [2.24, 2.45) is 5.92 Å². The maximum Gasteiger partial charge on any atom is 0.341 e. The molecule has 22 heavy (non-hydrogen) atoms. The molecular weight excluding hydrogens is 318 g/mol. The predicted octanol–water partition coefficient (Wildman–Crippen LogP) is 2.83. The first kappa shape index (κ1) is 16.6. The number of sulfone groups is 1. The van der Waals surface area contributed by atoms with Crippen molar-refractivity contribution >= 4 is 21.2 Å². The number of anilines is 1. The molecule has 1 saturated heterocycles. The van der Waals surface area contributed by atoms with Crippen LogP contribution in [0.1, 0.15) is 20.3 Å². The molecule has 1 fully saturated rings. The van der Waals surface area contributed by atoms with Gasteiger partial charge < -0.3 is 4.90 Å². The second-order valence-corrected chi connectivity index (χ2v) is 7.33. The first-order chi connectivity index (χ1) is 10.2. The Labute approximate surface area is 126 Å². The highest BCUT2D eigenvalue weighted by atomic mass is 32.2.